The van der Waals surface area contributed by atoms with Crippen LogP contribution in [0.5, 0.6) is 0 Å². The lowest BCUT2D eigenvalue weighted by Gasteiger charge is -1.82. The van der Waals surface area contributed by atoms with Gasteiger partial charge in [-0.2, -0.15) is 4.98 Å². The topological polar surface area (TPSA) is 64.9 Å². The van der Waals surface area contributed by atoms with Gasteiger partial charge in [0.15, 0.2) is 0 Å². The third-order valence-corrected chi connectivity index (χ3v) is 3.06. The molecule has 4 nitrogen and oxygen atoms in total. The Morgan fingerprint density at radius 1 is 1.54 bits per heavy atom. The second-order valence-electron chi connectivity index (χ2n) is 2.32. The molecule has 0 saturated carbocycles. The van der Waals surface area contributed by atoms with Crippen LogP contribution in [0.2, 0.25) is 0 Å². The molecule has 0 spiro atoms. The maximum Gasteiger partial charge on any atom is 0.240 e. The molecule has 0 amide bonds. The molecule has 2 aromatic heterocycles. The van der Waals surface area contributed by atoms with Gasteiger partial charge in [-0.3, -0.25) is 0 Å². The highest BCUT2D eigenvalue weighted by Gasteiger charge is 2.08. The summed E-state index contributed by atoms with van der Waals surface area (Å²) in [7, 11) is 0. The third-order valence-electron chi connectivity index (χ3n) is 1.44. The molecule has 0 aliphatic carbocycles. The summed E-state index contributed by atoms with van der Waals surface area (Å²) in [6.07, 6.45) is 0. The van der Waals surface area contributed by atoms with Crippen molar-refractivity contribution in [2.45, 2.75) is 6.54 Å². The first kappa shape index (κ1) is 8.86. The fourth-order valence-corrected chi connectivity index (χ4v) is 2.18. The quantitative estimate of drug-likeness (QED) is 0.897. The monoisotopic (exact) mass is 259 g/mol. The van der Waals surface area contributed by atoms with Gasteiger partial charge in [0.05, 0.1) is 15.2 Å². The van der Waals surface area contributed by atoms with E-state index in [0.717, 1.165) is 8.66 Å². The SMILES string of the molecule is NCc1nc(-c2ccc(Br)s2)no1. The zero-order valence-electron chi connectivity index (χ0n) is 6.53. The highest BCUT2D eigenvalue weighted by molar-refractivity contribution is 9.11. The van der Waals surface area contributed by atoms with Crippen molar-refractivity contribution in [2.75, 3.05) is 0 Å². The number of hydrogen-bond donors (Lipinski definition) is 1. The van der Waals surface area contributed by atoms with Crippen LogP contribution in [0.4, 0.5) is 0 Å². The van der Waals surface area contributed by atoms with Crippen LogP contribution >= 0.6 is 27.3 Å². The maximum absolute atomic E-state index is 5.34. The van der Waals surface area contributed by atoms with Crippen LogP contribution in [0.15, 0.2) is 20.4 Å². The molecule has 0 aromatic carbocycles. The Labute approximate surface area is 86.9 Å². The highest BCUT2D eigenvalue weighted by Crippen LogP contribution is 2.29. The molecule has 6 heteroatoms. The molecule has 13 heavy (non-hydrogen) atoms. The molecule has 2 heterocycles. The number of thiophene rings is 1. The Hall–Kier alpha value is -0.720. The standard InChI is InChI=1S/C7H6BrN3OS/c8-5-2-1-4(13-5)7-10-6(3-9)12-11-7/h1-2H,3,9H2. The smallest absolute Gasteiger partial charge is 0.240 e. The van der Waals surface area contributed by atoms with Crippen molar-refractivity contribution in [1.29, 1.82) is 0 Å². The molecule has 2 aromatic rings. The first-order chi connectivity index (χ1) is 6.29. The predicted molar refractivity (Wildman–Crippen MR) is 53.2 cm³/mol. The van der Waals surface area contributed by atoms with Gasteiger partial charge in [0.1, 0.15) is 0 Å². The molecule has 0 saturated heterocycles. The lowest BCUT2D eigenvalue weighted by atomic mass is 10.4. The van der Waals surface area contributed by atoms with Gasteiger partial charge in [-0.1, -0.05) is 5.16 Å². The summed E-state index contributed by atoms with van der Waals surface area (Å²) in [5.74, 6) is 1.05. The average molecular weight is 260 g/mol. The maximum atomic E-state index is 5.34. The second kappa shape index (κ2) is 3.57. The molecule has 0 bridgehead atoms. The Kier molecular flexibility index (Phi) is 2.43. The molecule has 68 valence electrons. The molecule has 0 fully saturated rings. The lowest BCUT2D eigenvalue weighted by molar-refractivity contribution is 0.380. The van der Waals surface area contributed by atoms with Crippen LogP contribution in [0.1, 0.15) is 5.89 Å². The fourth-order valence-electron chi connectivity index (χ4n) is 0.872. The minimum Gasteiger partial charge on any atom is -0.338 e. The molecule has 0 atom stereocenters. The number of nitrogens with two attached hydrogens (primary N) is 1. The summed E-state index contributed by atoms with van der Waals surface area (Å²) in [5, 5.41) is 3.79. The van der Waals surface area contributed by atoms with Crippen LogP contribution in [0, 0.1) is 0 Å². The summed E-state index contributed by atoms with van der Waals surface area (Å²) in [5.41, 5.74) is 5.34. The van der Waals surface area contributed by atoms with Crippen LogP contribution < -0.4 is 5.73 Å². The molecule has 0 radical (unpaired) electrons. The van der Waals surface area contributed by atoms with Gasteiger partial charge in [-0.25, -0.2) is 0 Å². The molecule has 2 N–H and O–H groups in total. The van der Waals surface area contributed by atoms with Crippen molar-refractivity contribution in [1.82, 2.24) is 10.1 Å². The van der Waals surface area contributed by atoms with Crippen molar-refractivity contribution >= 4 is 27.3 Å². The Morgan fingerprint density at radius 2 is 2.38 bits per heavy atom. The van der Waals surface area contributed by atoms with Crippen molar-refractivity contribution in [2.24, 2.45) is 5.73 Å². The molecular weight excluding hydrogens is 254 g/mol. The number of hydrogen-bond acceptors (Lipinski definition) is 5. The van der Waals surface area contributed by atoms with Crippen LogP contribution in [0.25, 0.3) is 10.7 Å². The van der Waals surface area contributed by atoms with E-state index in [0.29, 0.717) is 11.7 Å². The molecule has 0 aliphatic rings. The first-order valence-corrected chi connectivity index (χ1v) is 5.19. The summed E-state index contributed by atoms with van der Waals surface area (Å²) >= 11 is 4.92. The van der Waals surface area contributed by atoms with Crippen LogP contribution in [-0.2, 0) is 6.54 Å². The summed E-state index contributed by atoms with van der Waals surface area (Å²) in [4.78, 5) is 5.07. The first-order valence-electron chi connectivity index (χ1n) is 3.58. The summed E-state index contributed by atoms with van der Waals surface area (Å²) in [6, 6.07) is 3.87. The summed E-state index contributed by atoms with van der Waals surface area (Å²) < 4.78 is 5.93. The lowest BCUT2D eigenvalue weighted by Crippen LogP contribution is -1.95. The Morgan fingerprint density at radius 3 is 2.92 bits per heavy atom. The van der Waals surface area contributed by atoms with E-state index in [1.807, 2.05) is 12.1 Å². The molecular formula is C7H6BrN3OS. The van der Waals surface area contributed by atoms with Gasteiger partial charge in [0, 0.05) is 0 Å². The van der Waals surface area contributed by atoms with E-state index in [1.165, 1.54) is 0 Å². The largest absolute Gasteiger partial charge is 0.338 e. The van der Waals surface area contributed by atoms with Gasteiger partial charge < -0.3 is 10.3 Å². The van der Waals surface area contributed by atoms with E-state index < -0.39 is 0 Å². The van der Waals surface area contributed by atoms with E-state index >= 15 is 0 Å². The van der Waals surface area contributed by atoms with Gasteiger partial charge >= 0.3 is 0 Å². The van der Waals surface area contributed by atoms with Crippen LogP contribution in [-0.4, -0.2) is 10.1 Å². The number of aromatic nitrogens is 2. The number of nitrogens with zero attached hydrogens (tertiary/aromatic N) is 2. The van der Waals surface area contributed by atoms with Gasteiger partial charge in [0.25, 0.3) is 0 Å². The Balaban J connectivity index is 2.35. The second-order valence-corrected chi connectivity index (χ2v) is 4.78. The third kappa shape index (κ3) is 1.79. The molecule has 0 unspecified atom stereocenters. The molecule has 0 aliphatic heterocycles. The van der Waals surface area contributed by atoms with Crippen molar-refractivity contribution in [3.05, 3.63) is 21.8 Å². The number of halogens is 1. The highest BCUT2D eigenvalue weighted by atomic mass is 79.9. The van der Waals surface area contributed by atoms with E-state index in [2.05, 4.69) is 26.1 Å². The molecule has 2 rings (SSSR count). The van der Waals surface area contributed by atoms with Gasteiger partial charge in [-0.05, 0) is 28.1 Å². The normalized spacial score (nSPS) is 10.6. The van der Waals surface area contributed by atoms with E-state index in [4.69, 9.17) is 10.3 Å². The van der Waals surface area contributed by atoms with Crippen LogP contribution in [0.3, 0.4) is 0 Å². The van der Waals surface area contributed by atoms with Gasteiger partial charge in [0.2, 0.25) is 11.7 Å². The minimum atomic E-state index is 0.277. The van der Waals surface area contributed by atoms with Crippen molar-refractivity contribution in [3.63, 3.8) is 0 Å². The zero-order chi connectivity index (χ0) is 9.26. The van der Waals surface area contributed by atoms with E-state index in [9.17, 15) is 0 Å². The van der Waals surface area contributed by atoms with E-state index in [1.54, 1.807) is 11.3 Å². The zero-order valence-corrected chi connectivity index (χ0v) is 8.93. The Bertz CT molecular complexity index is 411. The van der Waals surface area contributed by atoms with Crippen molar-refractivity contribution < 1.29 is 4.52 Å². The number of rotatable bonds is 2. The van der Waals surface area contributed by atoms with E-state index in [-0.39, 0.29) is 6.54 Å². The fraction of sp³-hybridized carbons (Fsp3) is 0.143. The minimum absolute atomic E-state index is 0.277. The van der Waals surface area contributed by atoms with Gasteiger partial charge in [-0.15, -0.1) is 11.3 Å². The summed E-state index contributed by atoms with van der Waals surface area (Å²) in [6.45, 7) is 0.277. The predicted octanol–water partition coefficient (Wildman–Crippen LogP) is 2.02. The van der Waals surface area contributed by atoms with Crippen molar-refractivity contribution in [3.8, 4) is 10.7 Å². The average Bonchev–Trinajstić information content (AvgIpc) is 2.71.